The van der Waals surface area contributed by atoms with Crippen LogP contribution in [0.3, 0.4) is 0 Å². The molecule has 2 amide bonds. The van der Waals surface area contributed by atoms with Crippen molar-refractivity contribution >= 4 is 17.5 Å². The second-order valence-electron chi connectivity index (χ2n) is 9.84. The number of benzene rings is 2. The molecule has 2 aromatic rings. The van der Waals surface area contributed by atoms with Crippen molar-refractivity contribution in [3.63, 3.8) is 0 Å². The fraction of sp³-hybridized carbons (Fsp3) is 0.429. The highest BCUT2D eigenvalue weighted by molar-refractivity contribution is 6.01. The van der Waals surface area contributed by atoms with Crippen LogP contribution in [0.1, 0.15) is 48.9 Å². The van der Waals surface area contributed by atoms with Crippen molar-refractivity contribution in [2.75, 3.05) is 13.2 Å². The summed E-state index contributed by atoms with van der Waals surface area (Å²) >= 11 is 0. The Kier molecular flexibility index (Phi) is 6.62. The highest BCUT2D eigenvalue weighted by atomic mass is 16.5. The molecule has 1 unspecified atom stereocenters. The molecule has 0 aliphatic carbocycles. The highest BCUT2D eigenvalue weighted by Gasteiger charge is 2.37. The van der Waals surface area contributed by atoms with Crippen molar-refractivity contribution in [3.8, 4) is 5.75 Å². The Hall–Kier alpha value is -3.16. The summed E-state index contributed by atoms with van der Waals surface area (Å²) in [5.74, 6) is 0.342. The van der Waals surface area contributed by atoms with E-state index in [1.165, 1.54) is 5.56 Å². The van der Waals surface area contributed by atoms with E-state index in [1.807, 2.05) is 23.1 Å². The number of amides is 2. The molecule has 7 nitrogen and oxygen atoms in total. The number of ether oxygens (including phenoxy) is 2. The van der Waals surface area contributed by atoms with Crippen LogP contribution in [0.2, 0.25) is 0 Å². The molecule has 3 aliphatic rings. The van der Waals surface area contributed by atoms with Gasteiger partial charge in [-0.25, -0.2) is 0 Å². The molecule has 35 heavy (non-hydrogen) atoms. The lowest BCUT2D eigenvalue weighted by Gasteiger charge is -2.38. The van der Waals surface area contributed by atoms with Crippen molar-refractivity contribution in [1.82, 2.24) is 15.1 Å². The van der Waals surface area contributed by atoms with Gasteiger partial charge in [0.2, 0.25) is 11.8 Å². The summed E-state index contributed by atoms with van der Waals surface area (Å²) in [6, 6.07) is 15.0. The summed E-state index contributed by atoms with van der Waals surface area (Å²) in [6.07, 6.45) is 0.849. The summed E-state index contributed by atoms with van der Waals surface area (Å²) in [6.45, 7) is 12.1. The monoisotopic (exact) mass is 475 g/mol. The average Bonchev–Trinajstić information content (AvgIpc) is 3.18. The Bertz CT molecular complexity index is 1120. The molecule has 3 heterocycles. The molecular formula is C28H33N3O4. The fourth-order valence-corrected chi connectivity index (χ4v) is 5.29. The van der Waals surface area contributed by atoms with Crippen molar-refractivity contribution in [1.29, 1.82) is 0 Å². The first-order valence-corrected chi connectivity index (χ1v) is 12.4. The minimum atomic E-state index is -0.384. The number of hydrogen-bond acceptors (Lipinski definition) is 6. The van der Waals surface area contributed by atoms with Crippen LogP contribution < -0.4 is 10.1 Å². The van der Waals surface area contributed by atoms with Crippen LogP contribution in [0, 0.1) is 0 Å². The van der Waals surface area contributed by atoms with Crippen LogP contribution >= 0.6 is 0 Å². The molecular weight excluding hydrogens is 442 g/mol. The third-order valence-corrected chi connectivity index (χ3v) is 7.34. The van der Waals surface area contributed by atoms with Crippen molar-refractivity contribution in [3.05, 3.63) is 71.3 Å². The summed E-state index contributed by atoms with van der Waals surface area (Å²) < 4.78 is 11.9. The van der Waals surface area contributed by atoms with Crippen LogP contribution in [0.25, 0.3) is 5.70 Å². The third kappa shape index (κ3) is 4.83. The van der Waals surface area contributed by atoms with Gasteiger partial charge in [-0.1, -0.05) is 43.0 Å². The molecule has 184 valence electrons. The molecule has 0 radical (unpaired) electrons. The molecule has 2 aromatic carbocycles. The number of fused-ring (bicyclic) bond motifs is 1. The summed E-state index contributed by atoms with van der Waals surface area (Å²) in [4.78, 5) is 28.5. The number of hydrogen-bond donors (Lipinski definition) is 1. The van der Waals surface area contributed by atoms with Crippen LogP contribution in [0.5, 0.6) is 5.75 Å². The first-order chi connectivity index (χ1) is 16.9. The molecule has 7 heteroatoms. The molecule has 0 saturated carbocycles. The number of nitrogens with zero attached hydrogens (tertiary/aromatic N) is 2. The van der Waals surface area contributed by atoms with E-state index in [4.69, 9.17) is 9.47 Å². The van der Waals surface area contributed by atoms with Crippen LogP contribution in [0.15, 0.2) is 49.0 Å². The van der Waals surface area contributed by atoms with Crippen LogP contribution in [0.4, 0.5) is 0 Å². The summed E-state index contributed by atoms with van der Waals surface area (Å²) in [7, 11) is 0. The van der Waals surface area contributed by atoms with Crippen molar-refractivity contribution in [2.45, 2.75) is 64.5 Å². The van der Waals surface area contributed by atoms with E-state index in [1.54, 1.807) is 0 Å². The zero-order chi connectivity index (χ0) is 24.5. The van der Waals surface area contributed by atoms with Gasteiger partial charge in [-0.3, -0.25) is 19.8 Å². The molecule has 3 atom stereocenters. The van der Waals surface area contributed by atoms with Crippen molar-refractivity contribution in [2.24, 2.45) is 0 Å². The lowest BCUT2D eigenvalue weighted by Crippen LogP contribution is -2.50. The Labute approximate surface area is 206 Å². The number of carbonyl (C=O) groups is 2. The maximum atomic E-state index is 12.4. The van der Waals surface area contributed by atoms with Gasteiger partial charge < -0.3 is 14.4 Å². The van der Waals surface area contributed by atoms with Gasteiger partial charge in [-0.05, 0) is 37.5 Å². The zero-order valence-corrected chi connectivity index (χ0v) is 20.5. The standard InChI is InChI=1S/C28H33N3O4/c1-18-15-34-16-19(2)30(18)13-21-7-9-22(10-8-21)17-35-26-6-4-5-23-20(3)31(14-24(23)26)25-11-12-27(32)29-28(25)33/h4-10,18-19,25H,3,11-17H2,1-2H3,(H,29,32,33)/t18-,19-,25?/m0/s1. The Morgan fingerprint density at radius 3 is 2.49 bits per heavy atom. The topological polar surface area (TPSA) is 71.1 Å². The number of piperidine rings is 1. The summed E-state index contributed by atoms with van der Waals surface area (Å²) in [5.41, 5.74) is 5.22. The Morgan fingerprint density at radius 2 is 1.77 bits per heavy atom. The number of carbonyl (C=O) groups excluding carboxylic acids is 2. The van der Waals surface area contributed by atoms with Gasteiger partial charge in [0.25, 0.3) is 0 Å². The van der Waals surface area contributed by atoms with E-state index < -0.39 is 0 Å². The van der Waals surface area contributed by atoms with Crippen LogP contribution in [-0.2, 0) is 34.0 Å². The SMILES string of the molecule is C=C1c2cccc(OCc3ccc(CN4[C@@H](C)COC[C@@H]4C)cc3)c2CN1C1CCC(=O)NC1=O. The Morgan fingerprint density at radius 1 is 1.06 bits per heavy atom. The van der Waals surface area contributed by atoms with E-state index in [9.17, 15) is 9.59 Å². The molecule has 2 saturated heterocycles. The van der Waals surface area contributed by atoms with Gasteiger partial charge in [0.05, 0.1) is 13.2 Å². The second-order valence-corrected chi connectivity index (χ2v) is 9.84. The lowest BCUT2D eigenvalue weighted by atomic mass is 10.0. The summed E-state index contributed by atoms with van der Waals surface area (Å²) in [5, 5.41) is 2.45. The maximum Gasteiger partial charge on any atom is 0.249 e. The third-order valence-electron chi connectivity index (χ3n) is 7.34. The molecule has 5 rings (SSSR count). The van der Waals surface area contributed by atoms with Gasteiger partial charge >= 0.3 is 0 Å². The lowest BCUT2D eigenvalue weighted by molar-refractivity contribution is -0.136. The molecule has 0 bridgehead atoms. The van der Waals surface area contributed by atoms with E-state index >= 15 is 0 Å². The van der Waals surface area contributed by atoms with E-state index in [0.717, 1.165) is 47.9 Å². The number of imide groups is 1. The van der Waals surface area contributed by atoms with Gasteiger partial charge in [0.15, 0.2) is 0 Å². The quantitative estimate of drug-likeness (QED) is 0.646. The minimum Gasteiger partial charge on any atom is -0.489 e. The largest absolute Gasteiger partial charge is 0.489 e. The molecule has 0 spiro atoms. The second kappa shape index (κ2) is 9.84. The van der Waals surface area contributed by atoms with Crippen molar-refractivity contribution < 1.29 is 19.1 Å². The molecule has 1 N–H and O–H groups in total. The van der Waals surface area contributed by atoms with Gasteiger partial charge in [-0.15, -0.1) is 0 Å². The van der Waals surface area contributed by atoms with E-state index in [2.05, 4.69) is 54.9 Å². The number of nitrogens with one attached hydrogen (secondary N) is 1. The predicted octanol–water partition coefficient (Wildman–Crippen LogP) is 3.47. The number of morpholine rings is 1. The maximum absolute atomic E-state index is 12.4. The number of rotatable bonds is 6. The fourth-order valence-electron chi connectivity index (χ4n) is 5.29. The minimum absolute atomic E-state index is 0.211. The van der Waals surface area contributed by atoms with Gasteiger partial charge in [0, 0.05) is 48.4 Å². The zero-order valence-electron chi connectivity index (χ0n) is 20.5. The Balaban J connectivity index is 1.23. The van der Waals surface area contributed by atoms with Gasteiger partial charge in [-0.2, -0.15) is 0 Å². The van der Waals surface area contributed by atoms with Gasteiger partial charge in [0.1, 0.15) is 18.4 Å². The normalized spacial score (nSPS) is 24.9. The molecule has 2 fully saturated rings. The predicted molar refractivity (Wildman–Crippen MR) is 133 cm³/mol. The molecule has 0 aromatic heterocycles. The van der Waals surface area contributed by atoms with Crippen LogP contribution in [-0.4, -0.2) is 53.0 Å². The average molecular weight is 476 g/mol. The van der Waals surface area contributed by atoms with E-state index in [0.29, 0.717) is 38.1 Å². The molecule has 3 aliphatic heterocycles. The first kappa shape index (κ1) is 23.6. The smallest absolute Gasteiger partial charge is 0.249 e. The van der Waals surface area contributed by atoms with E-state index in [-0.39, 0.29) is 17.9 Å². The first-order valence-electron chi connectivity index (χ1n) is 12.4. The highest BCUT2D eigenvalue weighted by Crippen LogP contribution is 2.39.